The SMILES string of the molecule is CCc1nn(C)cc1CNc1snc(C)c1C(=O)O. The van der Waals surface area contributed by atoms with Crippen LogP contribution in [-0.4, -0.2) is 25.2 Å². The first-order valence-electron chi connectivity index (χ1n) is 5.97. The van der Waals surface area contributed by atoms with Crippen molar-refractivity contribution in [2.24, 2.45) is 7.05 Å². The van der Waals surface area contributed by atoms with Crippen LogP contribution in [0, 0.1) is 6.92 Å². The highest BCUT2D eigenvalue weighted by molar-refractivity contribution is 7.10. The topological polar surface area (TPSA) is 80.0 Å². The number of nitrogens with zero attached hydrogens (tertiary/aromatic N) is 3. The molecule has 19 heavy (non-hydrogen) atoms. The normalized spacial score (nSPS) is 10.7. The lowest BCUT2D eigenvalue weighted by molar-refractivity contribution is 0.0697. The Hall–Kier alpha value is -1.89. The van der Waals surface area contributed by atoms with Crippen LogP contribution in [0.2, 0.25) is 0 Å². The number of nitrogens with one attached hydrogen (secondary N) is 1. The summed E-state index contributed by atoms with van der Waals surface area (Å²) in [6.45, 7) is 4.30. The molecule has 6 nitrogen and oxygen atoms in total. The van der Waals surface area contributed by atoms with Crippen LogP contribution in [-0.2, 0) is 20.0 Å². The van der Waals surface area contributed by atoms with Crippen LogP contribution >= 0.6 is 11.5 Å². The van der Waals surface area contributed by atoms with Gasteiger partial charge in [-0.15, -0.1) is 0 Å². The van der Waals surface area contributed by atoms with Crippen LogP contribution in [0.1, 0.15) is 34.2 Å². The molecular weight excluding hydrogens is 264 g/mol. The smallest absolute Gasteiger partial charge is 0.340 e. The maximum atomic E-state index is 11.2. The fourth-order valence-electron chi connectivity index (χ4n) is 1.95. The molecule has 102 valence electrons. The van der Waals surface area contributed by atoms with Gasteiger partial charge in [-0.2, -0.15) is 9.47 Å². The van der Waals surface area contributed by atoms with Gasteiger partial charge in [-0.05, 0) is 24.9 Å². The predicted octanol–water partition coefficient (Wildman–Crippen LogP) is 2.06. The molecule has 0 fully saturated rings. The zero-order valence-electron chi connectivity index (χ0n) is 11.1. The summed E-state index contributed by atoms with van der Waals surface area (Å²) in [7, 11) is 1.88. The molecule has 7 heteroatoms. The number of hydrogen-bond acceptors (Lipinski definition) is 5. The van der Waals surface area contributed by atoms with Crippen LogP contribution in [0.25, 0.3) is 0 Å². The average molecular weight is 280 g/mol. The second kappa shape index (κ2) is 5.40. The van der Waals surface area contributed by atoms with Crippen molar-refractivity contribution in [2.45, 2.75) is 26.8 Å². The van der Waals surface area contributed by atoms with Gasteiger partial charge in [0.25, 0.3) is 0 Å². The van der Waals surface area contributed by atoms with E-state index in [1.165, 1.54) is 11.5 Å². The quantitative estimate of drug-likeness (QED) is 0.876. The molecule has 2 heterocycles. The highest BCUT2D eigenvalue weighted by Gasteiger charge is 2.17. The monoisotopic (exact) mass is 280 g/mol. The third-order valence-electron chi connectivity index (χ3n) is 2.84. The van der Waals surface area contributed by atoms with Gasteiger partial charge in [0, 0.05) is 25.4 Å². The number of aromatic carboxylic acids is 1. The van der Waals surface area contributed by atoms with Crippen molar-refractivity contribution in [3.63, 3.8) is 0 Å². The summed E-state index contributed by atoms with van der Waals surface area (Å²) in [5, 5.41) is 17.2. The van der Waals surface area contributed by atoms with Gasteiger partial charge in [-0.25, -0.2) is 4.79 Å². The van der Waals surface area contributed by atoms with Crippen molar-refractivity contribution in [3.8, 4) is 0 Å². The molecule has 0 radical (unpaired) electrons. The van der Waals surface area contributed by atoms with Crippen molar-refractivity contribution in [1.82, 2.24) is 14.2 Å². The summed E-state index contributed by atoms with van der Waals surface area (Å²) >= 11 is 1.17. The minimum atomic E-state index is -0.948. The molecule has 0 aromatic carbocycles. The number of aryl methyl sites for hydroxylation is 3. The van der Waals surface area contributed by atoms with E-state index < -0.39 is 5.97 Å². The Kier molecular flexibility index (Phi) is 3.84. The number of rotatable bonds is 5. The van der Waals surface area contributed by atoms with Crippen molar-refractivity contribution in [3.05, 3.63) is 28.7 Å². The third kappa shape index (κ3) is 2.76. The number of carbonyl (C=O) groups is 1. The highest BCUT2D eigenvalue weighted by atomic mass is 32.1. The maximum absolute atomic E-state index is 11.2. The van der Waals surface area contributed by atoms with Gasteiger partial charge in [-0.1, -0.05) is 6.92 Å². The van der Waals surface area contributed by atoms with E-state index in [4.69, 9.17) is 5.11 Å². The second-order valence-electron chi connectivity index (χ2n) is 4.26. The molecule has 0 saturated heterocycles. The molecule has 0 amide bonds. The first-order valence-corrected chi connectivity index (χ1v) is 6.75. The van der Waals surface area contributed by atoms with E-state index in [9.17, 15) is 4.79 Å². The molecule has 2 rings (SSSR count). The molecule has 0 saturated carbocycles. The van der Waals surface area contributed by atoms with Crippen molar-refractivity contribution < 1.29 is 9.90 Å². The van der Waals surface area contributed by atoms with Gasteiger partial charge in [0.2, 0.25) is 0 Å². The molecule has 0 atom stereocenters. The molecule has 0 aliphatic rings. The van der Waals surface area contributed by atoms with E-state index in [1.807, 2.05) is 20.2 Å². The largest absolute Gasteiger partial charge is 0.478 e. The molecule has 2 aromatic rings. The highest BCUT2D eigenvalue weighted by Crippen LogP contribution is 2.25. The summed E-state index contributed by atoms with van der Waals surface area (Å²) in [6.07, 6.45) is 2.80. The Morgan fingerprint density at radius 2 is 2.32 bits per heavy atom. The number of aromatic nitrogens is 3. The van der Waals surface area contributed by atoms with Crippen molar-refractivity contribution >= 4 is 22.5 Å². The van der Waals surface area contributed by atoms with Crippen LogP contribution in [0.15, 0.2) is 6.20 Å². The Labute approximate surface area is 115 Å². The second-order valence-corrected chi connectivity index (χ2v) is 5.03. The Bertz CT molecular complexity index is 603. The molecule has 2 N–H and O–H groups in total. The lowest BCUT2D eigenvalue weighted by Crippen LogP contribution is -2.05. The van der Waals surface area contributed by atoms with Gasteiger partial charge < -0.3 is 10.4 Å². The predicted molar refractivity (Wildman–Crippen MR) is 73.7 cm³/mol. The summed E-state index contributed by atoms with van der Waals surface area (Å²) in [6, 6.07) is 0. The minimum absolute atomic E-state index is 0.256. The van der Waals surface area contributed by atoms with Crippen LogP contribution in [0.4, 0.5) is 5.00 Å². The maximum Gasteiger partial charge on any atom is 0.340 e. The molecule has 0 bridgehead atoms. The molecule has 0 spiro atoms. The van der Waals surface area contributed by atoms with Crippen LogP contribution in [0.3, 0.4) is 0 Å². The molecule has 2 aromatic heterocycles. The standard InChI is InChI=1S/C12H16N4O2S/c1-4-9-8(6-16(3)14-9)5-13-11-10(12(17)18)7(2)15-19-11/h6,13H,4-5H2,1-3H3,(H,17,18). The van der Waals surface area contributed by atoms with E-state index in [0.29, 0.717) is 17.2 Å². The zero-order chi connectivity index (χ0) is 14.0. The first-order chi connectivity index (χ1) is 9.02. The van der Waals surface area contributed by atoms with Gasteiger partial charge in [0.1, 0.15) is 10.6 Å². The number of anilines is 1. The third-order valence-corrected chi connectivity index (χ3v) is 3.74. The van der Waals surface area contributed by atoms with Crippen molar-refractivity contribution in [1.29, 1.82) is 0 Å². The Morgan fingerprint density at radius 1 is 1.58 bits per heavy atom. The number of carboxylic acids is 1. The minimum Gasteiger partial charge on any atom is -0.478 e. The summed E-state index contributed by atoms with van der Waals surface area (Å²) < 4.78 is 5.85. The van der Waals surface area contributed by atoms with Gasteiger partial charge in [0.05, 0.1) is 11.4 Å². The van der Waals surface area contributed by atoms with Crippen LogP contribution < -0.4 is 5.32 Å². The van der Waals surface area contributed by atoms with E-state index in [0.717, 1.165) is 17.7 Å². The fourth-order valence-corrected chi connectivity index (χ4v) is 2.73. The Morgan fingerprint density at radius 3 is 2.95 bits per heavy atom. The first kappa shape index (κ1) is 13.5. The van der Waals surface area contributed by atoms with E-state index in [1.54, 1.807) is 11.6 Å². The van der Waals surface area contributed by atoms with Crippen LogP contribution in [0.5, 0.6) is 0 Å². The van der Waals surface area contributed by atoms with Gasteiger partial charge >= 0.3 is 5.97 Å². The molecular formula is C12H16N4O2S. The van der Waals surface area contributed by atoms with E-state index in [-0.39, 0.29) is 5.56 Å². The van der Waals surface area contributed by atoms with Gasteiger partial charge in [-0.3, -0.25) is 4.68 Å². The lowest BCUT2D eigenvalue weighted by atomic mass is 10.2. The van der Waals surface area contributed by atoms with Crippen molar-refractivity contribution in [2.75, 3.05) is 5.32 Å². The average Bonchev–Trinajstić information content (AvgIpc) is 2.89. The summed E-state index contributed by atoms with van der Waals surface area (Å²) in [5.74, 6) is -0.948. The van der Waals surface area contributed by atoms with E-state index >= 15 is 0 Å². The summed E-state index contributed by atoms with van der Waals surface area (Å²) in [5.41, 5.74) is 2.90. The molecule has 0 aliphatic heterocycles. The zero-order valence-corrected chi connectivity index (χ0v) is 11.9. The number of carboxylic acid groups (broad SMARTS) is 1. The summed E-state index contributed by atoms with van der Waals surface area (Å²) in [4.78, 5) is 11.2. The number of hydrogen-bond donors (Lipinski definition) is 2. The van der Waals surface area contributed by atoms with Gasteiger partial charge in [0.15, 0.2) is 0 Å². The fraction of sp³-hybridized carbons (Fsp3) is 0.417. The lowest BCUT2D eigenvalue weighted by Gasteiger charge is -2.04. The molecule has 0 aliphatic carbocycles. The Balaban J connectivity index is 2.17. The molecule has 0 unspecified atom stereocenters. The van der Waals surface area contributed by atoms with E-state index in [2.05, 4.69) is 14.8 Å².